The zero-order chi connectivity index (χ0) is 16.5. The third-order valence-electron chi connectivity index (χ3n) is 2.33. The van der Waals surface area contributed by atoms with Crippen LogP contribution in [0.1, 0.15) is 0 Å². The molecule has 0 aliphatic rings. The largest absolute Gasteiger partial charge is 0.480 e. The van der Waals surface area contributed by atoms with Gasteiger partial charge in [0, 0.05) is 11.5 Å². The van der Waals surface area contributed by atoms with Crippen molar-refractivity contribution in [3.05, 3.63) is 27.7 Å². The molecule has 1 aromatic rings. The van der Waals surface area contributed by atoms with Crippen molar-refractivity contribution in [1.29, 1.82) is 0 Å². The van der Waals surface area contributed by atoms with E-state index in [1.54, 1.807) is 18.2 Å². The molecule has 0 spiro atoms. The highest BCUT2D eigenvalue weighted by molar-refractivity contribution is 9.10. The molecule has 0 aliphatic carbocycles. The highest BCUT2D eigenvalue weighted by Crippen LogP contribution is 2.27. The zero-order valence-corrected chi connectivity index (χ0v) is 14.0. The van der Waals surface area contributed by atoms with Crippen molar-refractivity contribution in [3.8, 4) is 5.75 Å². The minimum atomic E-state index is -0.728. The average Bonchev–Trinajstić information content (AvgIpc) is 2.49. The molecule has 0 unspecified atom stereocenters. The van der Waals surface area contributed by atoms with Crippen molar-refractivity contribution in [2.45, 2.75) is 0 Å². The van der Waals surface area contributed by atoms with Gasteiger partial charge in [0.25, 0.3) is 5.91 Å². The number of nitrogens with one attached hydrogen (secondary N) is 2. The third kappa shape index (κ3) is 6.77. The van der Waals surface area contributed by atoms with Gasteiger partial charge in [0.1, 0.15) is 5.75 Å². The van der Waals surface area contributed by atoms with Crippen molar-refractivity contribution in [2.75, 3.05) is 26.8 Å². The van der Waals surface area contributed by atoms with Crippen LogP contribution in [-0.4, -0.2) is 44.6 Å². The van der Waals surface area contributed by atoms with Crippen LogP contribution in [-0.2, 0) is 19.1 Å². The Kier molecular flexibility index (Phi) is 7.69. The summed E-state index contributed by atoms with van der Waals surface area (Å²) in [6.07, 6.45) is 0. The van der Waals surface area contributed by atoms with Crippen LogP contribution in [0.15, 0.2) is 22.7 Å². The number of benzene rings is 1. The van der Waals surface area contributed by atoms with Gasteiger partial charge in [-0.25, -0.2) is 4.79 Å². The molecule has 0 aromatic heterocycles. The van der Waals surface area contributed by atoms with E-state index < -0.39 is 18.5 Å². The molecule has 0 aliphatic heterocycles. The van der Waals surface area contributed by atoms with Crippen molar-refractivity contribution in [1.82, 2.24) is 10.6 Å². The van der Waals surface area contributed by atoms with Crippen LogP contribution < -0.4 is 15.4 Å². The molecule has 7 nitrogen and oxygen atoms in total. The highest BCUT2D eigenvalue weighted by atomic mass is 79.9. The summed E-state index contributed by atoms with van der Waals surface area (Å²) in [5.41, 5.74) is 0. The zero-order valence-electron chi connectivity index (χ0n) is 11.7. The summed E-state index contributed by atoms with van der Waals surface area (Å²) in [4.78, 5) is 33.6. The molecule has 120 valence electrons. The highest BCUT2D eigenvalue weighted by Gasteiger charge is 2.10. The maximum atomic E-state index is 11.4. The van der Waals surface area contributed by atoms with Crippen LogP contribution in [0.3, 0.4) is 0 Å². The molecule has 1 rings (SSSR count). The Hall–Kier alpha value is -1.80. The van der Waals surface area contributed by atoms with Crippen molar-refractivity contribution >= 4 is 45.3 Å². The lowest BCUT2D eigenvalue weighted by molar-refractivity contribution is -0.150. The number of carbonyl (C=O) groups is 3. The van der Waals surface area contributed by atoms with Crippen molar-refractivity contribution in [2.24, 2.45) is 0 Å². The molecule has 0 heterocycles. The molecule has 0 fully saturated rings. The minimum Gasteiger partial charge on any atom is -0.480 e. The number of halogens is 2. The third-order valence-corrected chi connectivity index (χ3v) is 3.12. The number of rotatable bonds is 7. The Balaban J connectivity index is 2.28. The molecule has 0 radical (unpaired) electrons. The van der Waals surface area contributed by atoms with Gasteiger partial charge in [0.05, 0.1) is 11.6 Å². The average molecular weight is 394 g/mol. The van der Waals surface area contributed by atoms with Crippen LogP contribution >= 0.6 is 27.5 Å². The summed E-state index contributed by atoms with van der Waals surface area (Å²) in [6.45, 7) is -1.06. The lowest BCUT2D eigenvalue weighted by atomic mass is 10.3. The Labute approximate surface area is 140 Å². The maximum Gasteiger partial charge on any atom is 0.344 e. The predicted octanol–water partition coefficient (Wildman–Crippen LogP) is 0.887. The summed E-state index contributed by atoms with van der Waals surface area (Å²) in [5.74, 6) is -1.34. The molecular weight excluding hydrogens is 380 g/mol. The number of amides is 2. The summed E-state index contributed by atoms with van der Waals surface area (Å²) < 4.78 is 10.7. The summed E-state index contributed by atoms with van der Waals surface area (Å²) in [6, 6.07) is 4.92. The second-order valence-corrected chi connectivity index (χ2v) is 5.30. The molecule has 0 bridgehead atoms. The number of hydrogen-bond acceptors (Lipinski definition) is 5. The van der Waals surface area contributed by atoms with Gasteiger partial charge in [-0.3, -0.25) is 9.59 Å². The Morgan fingerprint density at radius 2 is 1.95 bits per heavy atom. The molecule has 2 amide bonds. The number of esters is 1. The first-order chi connectivity index (χ1) is 10.4. The normalized spacial score (nSPS) is 9.77. The van der Waals surface area contributed by atoms with E-state index in [0.717, 1.165) is 4.47 Å². The molecule has 0 saturated carbocycles. The van der Waals surface area contributed by atoms with Gasteiger partial charge in [0.2, 0.25) is 5.91 Å². The van der Waals surface area contributed by atoms with E-state index in [0.29, 0.717) is 10.8 Å². The van der Waals surface area contributed by atoms with E-state index in [1.807, 2.05) is 0 Å². The van der Waals surface area contributed by atoms with E-state index in [4.69, 9.17) is 21.1 Å². The van der Waals surface area contributed by atoms with Gasteiger partial charge in [-0.2, -0.15) is 0 Å². The number of hydrogen-bond donors (Lipinski definition) is 2. The fourth-order valence-corrected chi connectivity index (χ4v) is 1.96. The van der Waals surface area contributed by atoms with Crippen LogP contribution in [0.5, 0.6) is 5.75 Å². The molecule has 1 aromatic carbocycles. The first-order valence-corrected chi connectivity index (χ1v) is 7.30. The fraction of sp³-hybridized carbons (Fsp3) is 0.308. The van der Waals surface area contributed by atoms with E-state index in [2.05, 4.69) is 26.6 Å². The number of likely N-dealkylation sites (N-methyl/N-ethyl adjacent to an activating group) is 1. The van der Waals surface area contributed by atoms with Crippen LogP contribution in [0.4, 0.5) is 0 Å². The molecule has 22 heavy (non-hydrogen) atoms. The number of carbonyl (C=O) groups excluding carboxylic acids is 3. The Bertz CT molecular complexity index is 567. The SMILES string of the molecule is CNC(=O)CNC(=O)COC(=O)COc1ccc(Br)cc1Cl. The van der Waals surface area contributed by atoms with Gasteiger partial charge in [-0.1, -0.05) is 27.5 Å². The molecule has 9 heteroatoms. The number of ether oxygens (including phenoxy) is 2. The topological polar surface area (TPSA) is 93.7 Å². The molecule has 2 N–H and O–H groups in total. The van der Waals surface area contributed by atoms with Gasteiger partial charge in [-0.15, -0.1) is 0 Å². The lowest BCUT2D eigenvalue weighted by Crippen LogP contribution is -2.37. The predicted molar refractivity (Wildman–Crippen MR) is 82.7 cm³/mol. The van der Waals surface area contributed by atoms with Crippen LogP contribution in [0.25, 0.3) is 0 Å². The smallest absolute Gasteiger partial charge is 0.344 e. The fourth-order valence-electron chi connectivity index (χ4n) is 1.23. The second kappa shape index (κ2) is 9.26. The quantitative estimate of drug-likeness (QED) is 0.671. The van der Waals surface area contributed by atoms with E-state index in [-0.39, 0.29) is 19.1 Å². The maximum absolute atomic E-state index is 11.4. The summed E-state index contributed by atoms with van der Waals surface area (Å²) >= 11 is 9.16. The lowest BCUT2D eigenvalue weighted by Gasteiger charge is -2.08. The van der Waals surface area contributed by atoms with Gasteiger partial charge in [0.15, 0.2) is 13.2 Å². The molecule has 0 saturated heterocycles. The van der Waals surface area contributed by atoms with Crippen LogP contribution in [0, 0.1) is 0 Å². The van der Waals surface area contributed by atoms with Crippen molar-refractivity contribution < 1.29 is 23.9 Å². The first-order valence-electron chi connectivity index (χ1n) is 6.13. The van der Waals surface area contributed by atoms with E-state index >= 15 is 0 Å². The molecule has 0 atom stereocenters. The standard InChI is InChI=1S/C13H14BrClN2O5/c1-16-11(18)5-17-12(19)6-22-13(20)7-21-10-3-2-8(14)4-9(10)15/h2-4H,5-7H2,1H3,(H,16,18)(H,17,19). The minimum absolute atomic E-state index is 0.183. The summed E-state index contributed by atoms with van der Waals surface area (Å²) in [5, 5.41) is 4.96. The van der Waals surface area contributed by atoms with E-state index in [9.17, 15) is 14.4 Å². The van der Waals surface area contributed by atoms with Gasteiger partial charge >= 0.3 is 5.97 Å². The van der Waals surface area contributed by atoms with Gasteiger partial charge < -0.3 is 20.1 Å². The monoisotopic (exact) mass is 392 g/mol. The Morgan fingerprint density at radius 3 is 2.59 bits per heavy atom. The second-order valence-electron chi connectivity index (χ2n) is 3.97. The van der Waals surface area contributed by atoms with Crippen molar-refractivity contribution in [3.63, 3.8) is 0 Å². The van der Waals surface area contributed by atoms with E-state index in [1.165, 1.54) is 7.05 Å². The van der Waals surface area contributed by atoms with Crippen LogP contribution in [0.2, 0.25) is 5.02 Å². The first kappa shape index (κ1) is 18.2. The summed E-state index contributed by atoms with van der Waals surface area (Å²) in [7, 11) is 1.44. The Morgan fingerprint density at radius 1 is 1.23 bits per heavy atom. The molecular formula is C13H14BrClN2O5. The van der Waals surface area contributed by atoms with Gasteiger partial charge in [-0.05, 0) is 18.2 Å².